The third-order valence-corrected chi connectivity index (χ3v) is 1.81. The third kappa shape index (κ3) is 3.90. The van der Waals surface area contributed by atoms with E-state index in [9.17, 15) is 4.79 Å². The number of Topliss-reactive ketones (excluding diaryl/α,β-unsaturated/α-hetero) is 1. The van der Waals surface area contributed by atoms with E-state index in [-0.39, 0.29) is 11.2 Å². The van der Waals surface area contributed by atoms with Gasteiger partial charge in [0.2, 0.25) is 0 Å². The van der Waals surface area contributed by atoms with Crippen LogP contribution >= 0.6 is 0 Å². The Bertz CT molecular complexity index is 243. The van der Waals surface area contributed by atoms with E-state index in [2.05, 4.69) is 10.5 Å². The van der Waals surface area contributed by atoms with E-state index in [1.54, 1.807) is 0 Å². The van der Waals surface area contributed by atoms with Crippen molar-refractivity contribution < 1.29 is 4.79 Å². The maximum Gasteiger partial charge on any atom is 0.164 e. The van der Waals surface area contributed by atoms with Crippen molar-refractivity contribution in [3.05, 3.63) is 0 Å². The van der Waals surface area contributed by atoms with Crippen molar-refractivity contribution >= 4 is 11.5 Å². The van der Waals surface area contributed by atoms with Crippen LogP contribution in [0.15, 0.2) is 5.10 Å². The fraction of sp³-hybridized carbons (Fsp3) is 0.818. The molecule has 82 valence electrons. The summed E-state index contributed by atoms with van der Waals surface area (Å²) < 4.78 is 0. The second-order valence-corrected chi connectivity index (χ2v) is 5.37. The Morgan fingerprint density at radius 3 is 1.79 bits per heavy atom. The van der Waals surface area contributed by atoms with Crippen LogP contribution < -0.4 is 5.43 Å². The summed E-state index contributed by atoms with van der Waals surface area (Å²) in [6, 6.07) is 0. The van der Waals surface area contributed by atoms with Crippen LogP contribution in [0.4, 0.5) is 0 Å². The van der Waals surface area contributed by atoms with E-state index in [0.717, 1.165) is 5.71 Å². The number of nitrogens with one attached hydrogen (secondary N) is 1. The maximum atomic E-state index is 12.0. The SMILES string of the molecule is CC(C)=NNC(C)(C)C(=O)C(C)(C)C. The molecule has 3 nitrogen and oxygen atoms in total. The van der Waals surface area contributed by atoms with Gasteiger partial charge in [0.25, 0.3) is 0 Å². The molecule has 0 saturated heterocycles. The number of hydrazone groups is 1. The summed E-state index contributed by atoms with van der Waals surface area (Å²) in [5.41, 5.74) is 2.88. The van der Waals surface area contributed by atoms with Gasteiger partial charge in [0, 0.05) is 11.1 Å². The summed E-state index contributed by atoms with van der Waals surface area (Å²) in [6.45, 7) is 13.2. The van der Waals surface area contributed by atoms with Gasteiger partial charge >= 0.3 is 0 Å². The molecule has 0 aliphatic rings. The molecular weight excluding hydrogens is 176 g/mol. The molecule has 0 heterocycles. The molecular formula is C11H22N2O. The van der Waals surface area contributed by atoms with Gasteiger partial charge < -0.3 is 0 Å². The highest BCUT2D eigenvalue weighted by Gasteiger charge is 2.35. The number of ketones is 1. The van der Waals surface area contributed by atoms with Crippen LogP contribution in [0.25, 0.3) is 0 Å². The van der Waals surface area contributed by atoms with Crippen LogP contribution in [0.1, 0.15) is 48.5 Å². The van der Waals surface area contributed by atoms with Crippen LogP contribution in [-0.2, 0) is 4.79 Å². The van der Waals surface area contributed by atoms with E-state index < -0.39 is 5.54 Å². The molecule has 0 aromatic rings. The Morgan fingerprint density at radius 1 is 1.07 bits per heavy atom. The van der Waals surface area contributed by atoms with Crippen molar-refractivity contribution in [2.24, 2.45) is 10.5 Å². The van der Waals surface area contributed by atoms with Crippen LogP contribution in [0, 0.1) is 5.41 Å². The molecule has 0 radical (unpaired) electrons. The third-order valence-electron chi connectivity index (χ3n) is 1.81. The average molecular weight is 198 g/mol. The van der Waals surface area contributed by atoms with E-state index >= 15 is 0 Å². The first-order chi connectivity index (χ1) is 6.07. The Balaban J connectivity index is 4.63. The molecule has 0 bridgehead atoms. The lowest BCUT2D eigenvalue weighted by molar-refractivity contribution is -0.131. The molecule has 0 aromatic carbocycles. The lowest BCUT2D eigenvalue weighted by Crippen LogP contribution is -2.49. The number of nitrogens with zero attached hydrogens (tertiary/aromatic N) is 1. The van der Waals surface area contributed by atoms with E-state index in [4.69, 9.17) is 0 Å². The van der Waals surface area contributed by atoms with Gasteiger partial charge in [-0.3, -0.25) is 10.2 Å². The topological polar surface area (TPSA) is 41.5 Å². The fourth-order valence-corrected chi connectivity index (χ4v) is 1.24. The quantitative estimate of drug-likeness (QED) is 0.558. The zero-order valence-corrected chi connectivity index (χ0v) is 10.4. The molecule has 0 unspecified atom stereocenters. The smallest absolute Gasteiger partial charge is 0.164 e. The molecule has 3 heteroatoms. The number of rotatable bonds is 3. The van der Waals surface area contributed by atoms with Crippen LogP contribution in [-0.4, -0.2) is 17.0 Å². The number of hydrogen-bond donors (Lipinski definition) is 1. The fourth-order valence-electron chi connectivity index (χ4n) is 1.24. The molecule has 14 heavy (non-hydrogen) atoms. The molecule has 0 atom stereocenters. The van der Waals surface area contributed by atoms with Crippen molar-refractivity contribution in [2.75, 3.05) is 0 Å². The van der Waals surface area contributed by atoms with Gasteiger partial charge in [-0.25, -0.2) is 0 Å². The normalized spacial score (nSPS) is 12.2. The first-order valence-corrected chi connectivity index (χ1v) is 4.90. The minimum absolute atomic E-state index is 0.162. The zero-order chi connectivity index (χ0) is 11.6. The number of hydrogen-bond acceptors (Lipinski definition) is 3. The minimum Gasteiger partial charge on any atom is -0.297 e. The van der Waals surface area contributed by atoms with Gasteiger partial charge in [-0.2, -0.15) is 5.10 Å². The van der Waals surface area contributed by atoms with Gasteiger partial charge in [-0.05, 0) is 27.7 Å². The molecule has 0 aliphatic heterocycles. The van der Waals surface area contributed by atoms with Crippen molar-refractivity contribution in [2.45, 2.75) is 54.0 Å². The lowest BCUT2D eigenvalue weighted by atomic mass is 9.80. The molecule has 0 rings (SSSR count). The minimum atomic E-state index is -0.602. The summed E-state index contributed by atoms with van der Waals surface area (Å²) in [5, 5.41) is 4.08. The highest BCUT2D eigenvalue weighted by atomic mass is 16.1. The van der Waals surface area contributed by atoms with Crippen LogP contribution in [0.3, 0.4) is 0 Å². The number of carbonyl (C=O) groups is 1. The maximum absolute atomic E-state index is 12.0. The Labute approximate surface area is 87.0 Å². The van der Waals surface area contributed by atoms with Crippen LogP contribution in [0.2, 0.25) is 0 Å². The van der Waals surface area contributed by atoms with Crippen molar-refractivity contribution in [1.82, 2.24) is 5.43 Å². The number of carbonyl (C=O) groups excluding carboxylic acids is 1. The molecule has 0 saturated carbocycles. The first-order valence-electron chi connectivity index (χ1n) is 4.90. The first kappa shape index (κ1) is 13.1. The van der Waals surface area contributed by atoms with Gasteiger partial charge in [0.05, 0.1) is 0 Å². The molecule has 1 N–H and O–H groups in total. The van der Waals surface area contributed by atoms with Gasteiger partial charge in [0.15, 0.2) is 5.78 Å². The van der Waals surface area contributed by atoms with E-state index in [0.29, 0.717) is 0 Å². The second-order valence-electron chi connectivity index (χ2n) is 5.37. The monoisotopic (exact) mass is 198 g/mol. The van der Waals surface area contributed by atoms with Crippen LogP contribution in [0.5, 0.6) is 0 Å². The molecule has 0 aromatic heterocycles. The Kier molecular flexibility index (Phi) is 3.86. The van der Waals surface area contributed by atoms with Gasteiger partial charge in [0.1, 0.15) is 5.54 Å². The summed E-state index contributed by atoms with van der Waals surface area (Å²) in [6.07, 6.45) is 0. The summed E-state index contributed by atoms with van der Waals surface area (Å²) in [4.78, 5) is 12.0. The van der Waals surface area contributed by atoms with Gasteiger partial charge in [-0.1, -0.05) is 20.8 Å². The Hall–Kier alpha value is -0.860. The predicted molar refractivity (Wildman–Crippen MR) is 60.5 cm³/mol. The zero-order valence-electron chi connectivity index (χ0n) is 10.4. The highest BCUT2D eigenvalue weighted by Crippen LogP contribution is 2.22. The molecule has 0 fully saturated rings. The second kappa shape index (κ2) is 4.11. The van der Waals surface area contributed by atoms with E-state index in [1.807, 2.05) is 48.5 Å². The lowest BCUT2D eigenvalue weighted by Gasteiger charge is -2.30. The van der Waals surface area contributed by atoms with Gasteiger partial charge in [-0.15, -0.1) is 0 Å². The largest absolute Gasteiger partial charge is 0.297 e. The summed E-state index contributed by atoms with van der Waals surface area (Å²) in [7, 11) is 0. The summed E-state index contributed by atoms with van der Waals surface area (Å²) >= 11 is 0. The van der Waals surface area contributed by atoms with Crippen molar-refractivity contribution in [1.29, 1.82) is 0 Å². The molecule has 0 amide bonds. The van der Waals surface area contributed by atoms with E-state index in [1.165, 1.54) is 0 Å². The highest BCUT2D eigenvalue weighted by molar-refractivity contribution is 5.92. The summed E-state index contributed by atoms with van der Waals surface area (Å²) in [5.74, 6) is 0.162. The van der Waals surface area contributed by atoms with Crippen molar-refractivity contribution in [3.8, 4) is 0 Å². The predicted octanol–water partition coefficient (Wildman–Crippen LogP) is 2.37. The van der Waals surface area contributed by atoms with Crippen molar-refractivity contribution in [3.63, 3.8) is 0 Å². The molecule has 0 aliphatic carbocycles. The molecule has 0 spiro atoms. The Morgan fingerprint density at radius 2 is 1.50 bits per heavy atom. The average Bonchev–Trinajstić information content (AvgIpc) is 1.98. The standard InChI is InChI=1S/C11H22N2O/c1-8(2)12-13-11(6,7)9(14)10(3,4)5/h13H,1-7H3.